The van der Waals surface area contributed by atoms with Gasteiger partial charge in [0.1, 0.15) is 13.2 Å². The van der Waals surface area contributed by atoms with Crippen molar-refractivity contribution in [2.45, 2.75) is 32.2 Å². The zero-order valence-electron chi connectivity index (χ0n) is 18.5. The van der Waals surface area contributed by atoms with Crippen LogP contribution in [0.5, 0.6) is 11.5 Å². The van der Waals surface area contributed by atoms with E-state index in [2.05, 4.69) is 10.2 Å². The molecule has 174 valence electrons. The highest BCUT2D eigenvalue weighted by Crippen LogP contribution is 2.31. The first-order valence-electron chi connectivity index (χ1n) is 11.3. The molecule has 2 aromatic rings. The summed E-state index contributed by atoms with van der Waals surface area (Å²) in [6.07, 6.45) is 1.92. The van der Waals surface area contributed by atoms with Crippen molar-refractivity contribution in [2.75, 3.05) is 31.6 Å². The molecule has 8 nitrogen and oxygen atoms in total. The number of hydrogen-bond donors (Lipinski definition) is 2. The van der Waals surface area contributed by atoms with Gasteiger partial charge in [-0.2, -0.15) is 0 Å². The Balaban J connectivity index is 1.32. The standard InChI is InChI=1S/C25H29N3O5/c26-25(31)19-5-3-11-28(16-19)15-18-4-1-2-6-20(18)27-24(30)10-8-21(29)17-7-9-22-23(14-17)33-13-12-32-22/h1-2,4,6-7,9,14,19H,3,5,8,10-13,15-16H2,(H2,26,31)(H,27,30). The van der Waals surface area contributed by atoms with E-state index in [0.29, 0.717) is 43.4 Å². The minimum atomic E-state index is -0.260. The molecular weight excluding hydrogens is 422 g/mol. The molecule has 0 aliphatic carbocycles. The van der Waals surface area contributed by atoms with E-state index >= 15 is 0 Å². The number of ketones is 1. The Hall–Kier alpha value is -3.39. The number of carbonyl (C=O) groups excluding carboxylic acids is 3. The summed E-state index contributed by atoms with van der Waals surface area (Å²) in [5.41, 5.74) is 7.67. The molecular formula is C25H29N3O5. The number of nitrogens with two attached hydrogens (primary N) is 1. The molecule has 2 aliphatic rings. The highest BCUT2D eigenvalue weighted by Gasteiger charge is 2.24. The van der Waals surface area contributed by atoms with Crippen molar-refractivity contribution in [1.29, 1.82) is 0 Å². The van der Waals surface area contributed by atoms with Crippen molar-refractivity contribution in [3.05, 3.63) is 53.6 Å². The Labute approximate surface area is 193 Å². The van der Waals surface area contributed by atoms with Crippen LogP contribution in [0.1, 0.15) is 41.6 Å². The van der Waals surface area contributed by atoms with Crippen LogP contribution in [-0.4, -0.2) is 48.8 Å². The predicted molar refractivity (Wildman–Crippen MR) is 123 cm³/mol. The fraction of sp³-hybridized carbons (Fsp3) is 0.400. The first-order valence-corrected chi connectivity index (χ1v) is 11.3. The fourth-order valence-corrected chi connectivity index (χ4v) is 4.25. The molecule has 1 atom stereocenters. The Kier molecular flexibility index (Phi) is 7.24. The number of benzene rings is 2. The highest BCUT2D eigenvalue weighted by atomic mass is 16.6. The number of fused-ring (bicyclic) bond motifs is 1. The van der Waals surface area contributed by atoms with Crippen LogP contribution < -0.4 is 20.5 Å². The number of piperidine rings is 1. The minimum Gasteiger partial charge on any atom is -0.486 e. The van der Waals surface area contributed by atoms with Crippen LogP contribution in [0.15, 0.2) is 42.5 Å². The highest BCUT2D eigenvalue weighted by molar-refractivity contribution is 6.00. The molecule has 0 aromatic heterocycles. The van der Waals surface area contributed by atoms with Crippen molar-refractivity contribution in [3.63, 3.8) is 0 Å². The maximum atomic E-state index is 12.6. The maximum Gasteiger partial charge on any atom is 0.224 e. The van der Waals surface area contributed by atoms with E-state index in [4.69, 9.17) is 15.2 Å². The van der Waals surface area contributed by atoms with Crippen LogP contribution in [0.25, 0.3) is 0 Å². The van der Waals surface area contributed by atoms with E-state index in [9.17, 15) is 14.4 Å². The van der Waals surface area contributed by atoms with E-state index in [-0.39, 0.29) is 36.4 Å². The average molecular weight is 452 g/mol. The lowest BCUT2D eigenvalue weighted by atomic mass is 9.97. The number of Topliss-reactive ketones (excluding diaryl/α,β-unsaturated/α-hetero) is 1. The average Bonchev–Trinajstić information content (AvgIpc) is 2.83. The van der Waals surface area contributed by atoms with E-state index in [1.165, 1.54) is 0 Å². The second kappa shape index (κ2) is 10.5. The summed E-state index contributed by atoms with van der Waals surface area (Å²) in [5, 5.41) is 2.94. The van der Waals surface area contributed by atoms with Gasteiger partial charge in [-0.15, -0.1) is 0 Å². The lowest BCUT2D eigenvalue weighted by Gasteiger charge is -2.31. The second-order valence-corrected chi connectivity index (χ2v) is 8.46. The molecule has 4 rings (SSSR count). The molecule has 3 N–H and O–H groups in total. The van der Waals surface area contributed by atoms with Gasteiger partial charge in [0.15, 0.2) is 17.3 Å². The fourth-order valence-electron chi connectivity index (χ4n) is 4.25. The van der Waals surface area contributed by atoms with Gasteiger partial charge in [-0.3, -0.25) is 19.3 Å². The number of likely N-dealkylation sites (tertiary alicyclic amines) is 1. The molecule has 33 heavy (non-hydrogen) atoms. The summed E-state index contributed by atoms with van der Waals surface area (Å²) in [6.45, 7) is 3.08. The molecule has 8 heteroatoms. The summed E-state index contributed by atoms with van der Waals surface area (Å²) in [7, 11) is 0. The molecule has 0 saturated carbocycles. The summed E-state index contributed by atoms with van der Waals surface area (Å²) in [4.78, 5) is 38.9. The van der Waals surface area contributed by atoms with Crippen molar-refractivity contribution in [2.24, 2.45) is 11.7 Å². The van der Waals surface area contributed by atoms with Gasteiger partial charge in [-0.05, 0) is 49.2 Å². The first kappa shape index (κ1) is 22.8. The topological polar surface area (TPSA) is 111 Å². The van der Waals surface area contributed by atoms with Gasteiger partial charge in [-0.25, -0.2) is 0 Å². The Bertz CT molecular complexity index is 1040. The summed E-state index contributed by atoms with van der Waals surface area (Å²) in [6, 6.07) is 12.7. The van der Waals surface area contributed by atoms with Gasteiger partial charge in [0.05, 0.1) is 5.92 Å². The number of anilines is 1. The quantitative estimate of drug-likeness (QED) is 0.597. The SMILES string of the molecule is NC(=O)C1CCCN(Cc2ccccc2NC(=O)CCC(=O)c2ccc3c(c2)OCCO3)C1. The third-order valence-electron chi connectivity index (χ3n) is 6.04. The van der Waals surface area contributed by atoms with Crippen LogP contribution >= 0.6 is 0 Å². The molecule has 2 amide bonds. The zero-order valence-corrected chi connectivity index (χ0v) is 18.5. The van der Waals surface area contributed by atoms with E-state index in [1.54, 1.807) is 18.2 Å². The monoisotopic (exact) mass is 451 g/mol. The van der Waals surface area contributed by atoms with Crippen LogP contribution in [-0.2, 0) is 16.1 Å². The molecule has 2 heterocycles. The number of amides is 2. The Morgan fingerprint density at radius 3 is 2.64 bits per heavy atom. The number of para-hydroxylation sites is 1. The number of nitrogens with one attached hydrogen (secondary N) is 1. The third-order valence-corrected chi connectivity index (χ3v) is 6.04. The summed E-state index contributed by atoms with van der Waals surface area (Å²) in [5.74, 6) is 0.448. The largest absolute Gasteiger partial charge is 0.486 e. The van der Waals surface area contributed by atoms with Gasteiger partial charge in [0.2, 0.25) is 11.8 Å². The number of carbonyl (C=O) groups is 3. The van der Waals surface area contributed by atoms with Gasteiger partial charge >= 0.3 is 0 Å². The van der Waals surface area contributed by atoms with Gasteiger partial charge < -0.3 is 20.5 Å². The van der Waals surface area contributed by atoms with Crippen LogP contribution in [0.2, 0.25) is 0 Å². The number of hydrogen-bond acceptors (Lipinski definition) is 6. The zero-order chi connectivity index (χ0) is 23.2. The number of primary amides is 1. The molecule has 1 saturated heterocycles. The van der Waals surface area contributed by atoms with E-state index in [1.807, 2.05) is 24.3 Å². The predicted octanol–water partition coefficient (Wildman–Crippen LogP) is 2.76. The maximum absolute atomic E-state index is 12.6. The van der Waals surface area contributed by atoms with Crippen molar-refractivity contribution in [3.8, 4) is 11.5 Å². The molecule has 2 aliphatic heterocycles. The molecule has 1 fully saturated rings. The van der Waals surface area contributed by atoms with Crippen LogP contribution in [0.4, 0.5) is 5.69 Å². The molecule has 2 aromatic carbocycles. The Morgan fingerprint density at radius 1 is 1.03 bits per heavy atom. The minimum absolute atomic E-state index is 0.0784. The van der Waals surface area contributed by atoms with Gasteiger partial charge in [0.25, 0.3) is 0 Å². The van der Waals surface area contributed by atoms with Gasteiger partial charge in [0, 0.05) is 37.2 Å². The number of rotatable bonds is 8. The normalized spacial score (nSPS) is 17.9. The third kappa shape index (κ3) is 5.90. The van der Waals surface area contributed by atoms with Crippen molar-refractivity contribution >= 4 is 23.3 Å². The lowest BCUT2D eigenvalue weighted by Crippen LogP contribution is -2.40. The number of nitrogens with zero attached hydrogens (tertiary/aromatic N) is 1. The van der Waals surface area contributed by atoms with E-state index < -0.39 is 0 Å². The smallest absolute Gasteiger partial charge is 0.224 e. The summed E-state index contributed by atoms with van der Waals surface area (Å²) >= 11 is 0. The second-order valence-electron chi connectivity index (χ2n) is 8.46. The first-order chi connectivity index (χ1) is 16.0. The molecule has 1 unspecified atom stereocenters. The Morgan fingerprint density at radius 2 is 1.82 bits per heavy atom. The van der Waals surface area contributed by atoms with Gasteiger partial charge in [-0.1, -0.05) is 18.2 Å². The summed E-state index contributed by atoms with van der Waals surface area (Å²) < 4.78 is 11.0. The lowest BCUT2D eigenvalue weighted by molar-refractivity contribution is -0.123. The van der Waals surface area contributed by atoms with Crippen LogP contribution in [0, 0.1) is 5.92 Å². The van der Waals surface area contributed by atoms with Crippen LogP contribution in [0.3, 0.4) is 0 Å². The van der Waals surface area contributed by atoms with Crippen molar-refractivity contribution < 1.29 is 23.9 Å². The number of ether oxygens (including phenoxy) is 2. The molecule has 0 spiro atoms. The van der Waals surface area contributed by atoms with E-state index in [0.717, 1.165) is 30.6 Å². The molecule has 0 bridgehead atoms. The van der Waals surface area contributed by atoms with Crippen molar-refractivity contribution in [1.82, 2.24) is 4.90 Å². The molecule has 0 radical (unpaired) electrons.